The molecule has 1 aromatic carbocycles. The Bertz CT molecular complexity index is 517. The van der Waals surface area contributed by atoms with Crippen LogP contribution in [0.1, 0.15) is 24.0 Å². The molecule has 0 spiro atoms. The summed E-state index contributed by atoms with van der Waals surface area (Å²) in [6.07, 6.45) is 5.10. The molecule has 21 heavy (non-hydrogen) atoms. The van der Waals surface area contributed by atoms with E-state index in [2.05, 4.69) is 11.4 Å². The highest BCUT2D eigenvalue weighted by atomic mass is 35.5. The normalized spacial score (nSPS) is 17.8. The van der Waals surface area contributed by atoms with E-state index >= 15 is 0 Å². The van der Waals surface area contributed by atoms with E-state index in [-0.39, 0.29) is 0 Å². The molecule has 0 unspecified atom stereocenters. The summed E-state index contributed by atoms with van der Waals surface area (Å²) in [5.74, 6) is 0.805. The molecule has 4 nitrogen and oxygen atoms in total. The third kappa shape index (κ3) is 3.50. The Morgan fingerprint density at radius 2 is 2.14 bits per heavy atom. The summed E-state index contributed by atoms with van der Waals surface area (Å²) in [5.41, 5.74) is 2.53. The Kier molecular flexibility index (Phi) is 4.66. The second-order valence-corrected chi connectivity index (χ2v) is 6.09. The van der Waals surface area contributed by atoms with E-state index in [1.54, 1.807) is 0 Å². The number of carbonyl (C=O) groups is 1. The van der Waals surface area contributed by atoms with Gasteiger partial charge in [-0.2, -0.15) is 0 Å². The van der Waals surface area contributed by atoms with Gasteiger partial charge >= 0.3 is 0 Å². The maximum absolute atomic E-state index is 11.0. The first kappa shape index (κ1) is 14.7. The van der Waals surface area contributed by atoms with Gasteiger partial charge in [0.25, 0.3) is 0 Å². The fourth-order valence-corrected chi connectivity index (χ4v) is 3.08. The third-order valence-electron chi connectivity index (χ3n) is 4.18. The van der Waals surface area contributed by atoms with Crippen molar-refractivity contribution in [2.24, 2.45) is 0 Å². The van der Waals surface area contributed by atoms with Gasteiger partial charge in [0.1, 0.15) is 12.4 Å². The number of ether oxygens (including phenoxy) is 1. The van der Waals surface area contributed by atoms with Crippen LogP contribution in [-0.2, 0) is 17.6 Å². The molecule has 2 aliphatic rings. The average Bonchev–Trinajstić information content (AvgIpc) is 3.32. The zero-order valence-corrected chi connectivity index (χ0v) is 12.9. The standard InChI is InChI=1S/C16H21ClN2O2/c17-15-4-1-12-5-7-18-8-6-14(12)16(15)21-10-9-19(11-20)13-2-3-13/h1,4,11,13,18H,2-3,5-10H2. The molecule has 1 aliphatic carbocycles. The first-order chi connectivity index (χ1) is 10.3. The van der Waals surface area contributed by atoms with Gasteiger partial charge in [0, 0.05) is 11.6 Å². The van der Waals surface area contributed by atoms with Crippen LogP contribution in [0.25, 0.3) is 0 Å². The molecule has 1 aliphatic heterocycles. The van der Waals surface area contributed by atoms with Crippen molar-refractivity contribution in [3.05, 3.63) is 28.3 Å². The van der Waals surface area contributed by atoms with Gasteiger partial charge in [-0.05, 0) is 50.4 Å². The average molecular weight is 309 g/mol. The van der Waals surface area contributed by atoms with Gasteiger partial charge in [-0.3, -0.25) is 4.79 Å². The number of halogens is 1. The van der Waals surface area contributed by atoms with Gasteiger partial charge in [0.2, 0.25) is 6.41 Å². The van der Waals surface area contributed by atoms with Gasteiger partial charge < -0.3 is 15.0 Å². The van der Waals surface area contributed by atoms with Gasteiger partial charge in [0.15, 0.2) is 0 Å². The molecule has 5 heteroatoms. The number of hydrogen-bond acceptors (Lipinski definition) is 3. The molecule has 0 saturated heterocycles. The highest BCUT2D eigenvalue weighted by molar-refractivity contribution is 6.32. The molecule has 1 heterocycles. The van der Waals surface area contributed by atoms with E-state index < -0.39 is 0 Å². The Morgan fingerprint density at radius 1 is 1.33 bits per heavy atom. The number of rotatable bonds is 6. The van der Waals surface area contributed by atoms with Crippen molar-refractivity contribution in [1.82, 2.24) is 10.2 Å². The van der Waals surface area contributed by atoms with Crippen molar-refractivity contribution in [2.45, 2.75) is 31.7 Å². The first-order valence-corrected chi connectivity index (χ1v) is 8.02. The number of nitrogens with one attached hydrogen (secondary N) is 1. The maximum atomic E-state index is 11.0. The summed E-state index contributed by atoms with van der Waals surface area (Å²) in [7, 11) is 0. The van der Waals surface area contributed by atoms with Crippen molar-refractivity contribution in [3.63, 3.8) is 0 Å². The molecule has 114 valence electrons. The number of amides is 1. The largest absolute Gasteiger partial charge is 0.490 e. The molecule has 1 aromatic rings. The number of nitrogens with zero attached hydrogens (tertiary/aromatic N) is 1. The van der Waals surface area contributed by atoms with Crippen molar-refractivity contribution in [1.29, 1.82) is 0 Å². The summed E-state index contributed by atoms with van der Waals surface area (Å²) in [5, 5.41) is 4.06. The highest BCUT2D eigenvalue weighted by Crippen LogP contribution is 2.33. The molecule has 0 bridgehead atoms. The third-order valence-corrected chi connectivity index (χ3v) is 4.48. The highest BCUT2D eigenvalue weighted by Gasteiger charge is 2.27. The zero-order valence-electron chi connectivity index (χ0n) is 12.1. The van der Waals surface area contributed by atoms with Crippen molar-refractivity contribution in [2.75, 3.05) is 26.2 Å². The molecule has 0 atom stereocenters. The number of fused-ring (bicyclic) bond motifs is 1. The Labute approximate surface area is 130 Å². The quantitative estimate of drug-likeness (QED) is 0.818. The summed E-state index contributed by atoms with van der Waals surface area (Å²) in [6, 6.07) is 4.44. The molecule has 1 N–H and O–H groups in total. The van der Waals surface area contributed by atoms with E-state index in [0.717, 1.165) is 50.9 Å². The number of benzene rings is 1. The first-order valence-electron chi connectivity index (χ1n) is 7.64. The summed E-state index contributed by atoms with van der Waals surface area (Å²) in [4.78, 5) is 12.8. The van der Waals surface area contributed by atoms with Gasteiger partial charge in [0.05, 0.1) is 11.6 Å². The van der Waals surface area contributed by atoms with Crippen LogP contribution in [0.15, 0.2) is 12.1 Å². The zero-order chi connectivity index (χ0) is 14.7. The second-order valence-electron chi connectivity index (χ2n) is 5.69. The van der Waals surface area contributed by atoms with Crippen LogP contribution in [0.5, 0.6) is 5.75 Å². The number of carbonyl (C=O) groups excluding carboxylic acids is 1. The molecule has 1 saturated carbocycles. The lowest BCUT2D eigenvalue weighted by Crippen LogP contribution is -2.29. The molecular weight excluding hydrogens is 288 g/mol. The van der Waals surface area contributed by atoms with E-state index in [1.165, 1.54) is 11.1 Å². The van der Waals surface area contributed by atoms with Crippen LogP contribution in [0.2, 0.25) is 5.02 Å². The Hall–Kier alpha value is -1.26. The van der Waals surface area contributed by atoms with Gasteiger partial charge in [-0.15, -0.1) is 0 Å². The van der Waals surface area contributed by atoms with Crippen LogP contribution in [-0.4, -0.2) is 43.6 Å². The molecule has 1 amide bonds. The molecular formula is C16H21ClN2O2. The minimum atomic E-state index is 0.429. The van der Waals surface area contributed by atoms with Gasteiger partial charge in [-0.1, -0.05) is 17.7 Å². The summed E-state index contributed by atoms with van der Waals surface area (Å²) >= 11 is 6.31. The monoisotopic (exact) mass is 308 g/mol. The minimum absolute atomic E-state index is 0.429. The van der Waals surface area contributed by atoms with Crippen LogP contribution >= 0.6 is 11.6 Å². The van der Waals surface area contributed by atoms with Crippen LogP contribution in [0, 0.1) is 0 Å². The second kappa shape index (κ2) is 6.67. The van der Waals surface area contributed by atoms with Crippen molar-refractivity contribution < 1.29 is 9.53 Å². The van der Waals surface area contributed by atoms with E-state index in [1.807, 2.05) is 11.0 Å². The van der Waals surface area contributed by atoms with Gasteiger partial charge in [-0.25, -0.2) is 0 Å². The van der Waals surface area contributed by atoms with Crippen molar-refractivity contribution in [3.8, 4) is 5.75 Å². The van der Waals surface area contributed by atoms with E-state index in [0.29, 0.717) is 24.2 Å². The molecule has 1 fully saturated rings. The minimum Gasteiger partial charge on any atom is -0.490 e. The topological polar surface area (TPSA) is 41.6 Å². The lowest BCUT2D eigenvalue weighted by molar-refractivity contribution is -0.119. The van der Waals surface area contributed by atoms with Crippen LogP contribution < -0.4 is 10.1 Å². The number of hydrogen-bond donors (Lipinski definition) is 1. The fourth-order valence-electron chi connectivity index (χ4n) is 2.85. The predicted molar refractivity (Wildman–Crippen MR) is 83.0 cm³/mol. The lowest BCUT2D eigenvalue weighted by Gasteiger charge is -2.19. The Morgan fingerprint density at radius 3 is 2.90 bits per heavy atom. The Balaban J connectivity index is 1.67. The van der Waals surface area contributed by atoms with Crippen LogP contribution in [0.4, 0.5) is 0 Å². The fraction of sp³-hybridized carbons (Fsp3) is 0.562. The summed E-state index contributed by atoms with van der Waals surface area (Å²) in [6.45, 7) is 3.08. The SMILES string of the molecule is O=CN(CCOc1c(Cl)ccc2c1CCNCC2)C1CC1. The molecule has 0 aromatic heterocycles. The van der Waals surface area contributed by atoms with E-state index in [4.69, 9.17) is 16.3 Å². The van der Waals surface area contributed by atoms with Crippen molar-refractivity contribution >= 4 is 18.0 Å². The molecule has 3 rings (SSSR count). The maximum Gasteiger partial charge on any atom is 0.210 e. The molecule has 0 radical (unpaired) electrons. The predicted octanol–water partition coefficient (Wildman–Crippen LogP) is 2.03. The summed E-state index contributed by atoms with van der Waals surface area (Å²) < 4.78 is 5.94. The van der Waals surface area contributed by atoms with E-state index in [9.17, 15) is 4.79 Å². The lowest BCUT2D eigenvalue weighted by atomic mass is 10.0. The van der Waals surface area contributed by atoms with Crippen LogP contribution in [0.3, 0.4) is 0 Å². The smallest absolute Gasteiger partial charge is 0.210 e.